The largest absolute Gasteiger partial charge is 0.320 e. The molecule has 0 radical (unpaired) electrons. The van der Waals surface area contributed by atoms with E-state index >= 15 is 0 Å². The molecular formula is C23H24FN3O3S2. The van der Waals surface area contributed by atoms with Gasteiger partial charge in [-0.25, -0.2) is 22.1 Å². The first-order chi connectivity index (χ1) is 15.4. The minimum atomic E-state index is -3.17. The Balaban J connectivity index is 1.45. The van der Waals surface area contributed by atoms with Crippen molar-refractivity contribution in [2.45, 2.75) is 25.7 Å². The number of sulfonamides is 1. The van der Waals surface area contributed by atoms with E-state index in [1.807, 2.05) is 18.2 Å². The van der Waals surface area contributed by atoms with Crippen molar-refractivity contribution >= 4 is 33.0 Å². The van der Waals surface area contributed by atoms with E-state index in [0.29, 0.717) is 37.3 Å². The Labute approximate surface area is 191 Å². The molecule has 2 heterocycles. The van der Waals surface area contributed by atoms with Gasteiger partial charge in [-0.05, 0) is 43.5 Å². The van der Waals surface area contributed by atoms with Gasteiger partial charge < -0.3 is 5.32 Å². The number of thiazole rings is 1. The Morgan fingerprint density at radius 2 is 1.84 bits per heavy atom. The number of nitrogens with one attached hydrogen (secondary N) is 1. The summed E-state index contributed by atoms with van der Waals surface area (Å²) in [5.74, 6) is -0.369. The summed E-state index contributed by atoms with van der Waals surface area (Å²) in [6, 6.07) is 13.5. The number of amides is 1. The third-order valence-corrected chi connectivity index (χ3v) is 8.54. The lowest BCUT2D eigenvalue weighted by atomic mass is 9.99. The number of anilines is 1. The first-order valence-electron chi connectivity index (χ1n) is 10.5. The van der Waals surface area contributed by atoms with Crippen molar-refractivity contribution in [3.63, 3.8) is 0 Å². The molecule has 4 rings (SSSR count). The van der Waals surface area contributed by atoms with E-state index < -0.39 is 10.0 Å². The molecule has 1 aliphatic heterocycles. The van der Waals surface area contributed by atoms with E-state index in [0.717, 1.165) is 16.1 Å². The van der Waals surface area contributed by atoms with Gasteiger partial charge in [-0.2, -0.15) is 0 Å². The summed E-state index contributed by atoms with van der Waals surface area (Å²) in [7, 11) is -3.17. The van der Waals surface area contributed by atoms with E-state index in [1.54, 1.807) is 30.5 Å². The van der Waals surface area contributed by atoms with Crippen LogP contribution in [-0.4, -0.2) is 42.5 Å². The maximum atomic E-state index is 13.3. The van der Waals surface area contributed by atoms with Crippen LogP contribution in [-0.2, 0) is 10.0 Å². The zero-order chi connectivity index (χ0) is 22.7. The maximum Gasteiger partial charge on any atom is 0.275 e. The van der Waals surface area contributed by atoms with Gasteiger partial charge in [0.1, 0.15) is 11.5 Å². The average molecular weight is 474 g/mol. The maximum absolute atomic E-state index is 13.3. The standard InChI is InChI=1S/C23H24FN3O3S2/c1-2-32(29,30)27-13-11-17(12-14-27)23-26-21(15-31-23)22(28)25-20-6-4-3-5-19(20)16-7-9-18(24)10-8-16/h3-10,15,17H,2,11-14H2,1H3,(H,25,28). The quantitative estimate of drug-likeness (QED) is 0.561. The van der Waals surface area contributed by atoms with Gasteiger partial charge in [0.05, 0.1) is 10.8 Å². The molecule has 0 unspecified atom stereocenters. The van der Waals surface area contributed by atoms with Gasteiger partial charge in [0.25, 0.3) is 5.91 Å². The number of nitrogens with zero attached hydrogens (tertiary/aromatic N) is 2. The molecule has 6 nitrogen and oxygen atoms in total. The number of halogens is 1. The summed E-state index contributed by atoms with van der Waals surface area (Å²) in [6.07, 6.45) is 1.39. The first-order valence-corrected chi connectivity index (χ1v) is 13.0. The Morgan fingerprint density at radius 3 is 2.53 bits per heavy atom. The highest BCUT2D eigenvalue weighted by Crippen LogP contribution is 2.32. The molecule has 0 bridgehead atoms. The van der Waals surface area contributed by atoms with Crippen molar-refractivity contribution in [3.05, 3.63) is 70.4 Å². The number of carbonyl (C=O) groups is 1. The number of rotatable bonds is 6. The highest BCUT2D eigenvalue weighted by atomic mass is 32.2. The lowest BCUT2D eigenvalue weighted by molar-refractivity contribution is 0.102. The SMILES string of the molecule is CCS(=O)(=O)N1CCC(c2nc(C(=O)Nc3ccccc3-c3ccc(F)cc3)cs2)CC1. The van der Waals surface area contributed by atoms with Gasteiger partial charge in [0, 0.05) is 35.6 Å². The molecule has 0 aliphatic carbocycles. The number of piperidine rings is 1. The van der Waals surface area contributed by atoms with Crippen molar-refractivity contribution in [3.8, 4) is 11.1 Å². The molecule has 1 fully saturated rings. The van der Waals surface area contributed by atoms with Crippen LogP contribution in [0.5, 0.6) is 0 Å². The lowest BCUT2D eigenvalue weighted by Gasteiger charge is -2.29. The van der Waals surface area contributed by atoms with Crippen LogP contribution >= 0.6 is 11.3 Å². The topological polar surface area (TPSA) is 79.4 Å². The second-order valence-corrected chi connectivity index (χ2v) is 10.8. The molecule has 1 aliphatic rings. The molecule has 3 aromatic rings. The smallest absolute Gasteiger partial charge is 0.275 e. The number of benzene rings is 2. The predicted octanol–water partition coefficient (Wildman–Crippen LogP) is 4.73. The van der Waals surface area contributed by atoms with Crippen molar-refractivity contribution in [1.29, 1.82) is 0 Å². The molecule has 0 atom stereocenters. The Morgan fingerprint density at radius 1 is 1.16 bits per heavy atom. The summed E-state index contributed by atoms with van der Waals surface area (Å²) >= 11 is 1.43. The Bertz CT molecular complexity index is 1200. The molecule has 0 saturated carbocycles. The van der Waals surface area contributed by atoms with Gasteiger partial charge in [-0.15, -0.1) is 11.3 Å². The van der Waals surface area contributed by atoms with Crippen LogP contribution in [0.1, 0.15) is 41.2 Å². The molecule has 1 aromatic heterocycles. The van der Waals surface area contributed by atoms with E-state index in [1.165, 1.54) is 27.8 Å². The zero-order valence-corrected chi connectivity index (χ0v) is 19.3. The highest BCUT2D eigenvalue weighted by Gasteiger charge is 2.29. The lowest BCUT2D eigenvalue weighted by Crippen LogP contribution is -2.38. The van der Waals surface area contributed by atoms with E-state index in [4.69, 9.17) is 0 Å². The average Bonchev–Trinajstić information content (AvgIpc) is 3.31. The Kier molecular flexibility index (Phi) is 6.68. The number of hydrogen-bond donors (Lipinski definition) is 1. The number of hydrogen-bond acceptors (Lipinski definition) is 5. The van der Waals surface area contributed by atoms with Crippen LogP contribution in [0.2, 0.25) is 0 Å². The van der Waals surface area contributed by atoms with Crippen molar-refractivity contribution in [2.24, 2.45) is 0 Å². The van der Waals surface area contributed by atoms with E-state index in [9.17, 15) is 17.6 Å². The van der Waals surface area contributed by atoms with Crippen LogP contribution in [0.25, 0.3) is 11.1 Å². The number of aromatic nitrogens is 1. The molecule has 32 heavy (non-hydrogen) atoms. The third kappa shape index (κ3) is 4.90. The summed E-state index contributed by atoms with van der Waals surface area (Å²) in [6.45, 7) is 2.61. The predicted molar refractivity (Wildman–Crippen MR) is 125 cm³/mol. The summed E-state index contributed by atoms with van der Waals surface area (Å²) in [4.78, 5) is 17.4. The van der Waals surface area contributed by atoms with E-state index in [-0.39, 0.29) is 23.4 Å². The van der Waals surface area contributed by atoms with E-state index in [2.05, 4.69) is 10.3 Å². The number of carbonyl (C=O) groups excluding carboxylic acids is 1. The van der Waals surface area contributed by atoms with Crippen molar-refractivity contribution < 1.29 is 17.6 Å². The molecular weight excluding hydrogens is 449 g/mol. The summed E-state index contributed by atoms with van der Waals surface area (Å²) in [5.41, 5.74) is 2.55. The normalized spacial score (nSPS) is 15.6. The second-order valence-electron chi connectivity index (χ2n) is 7.65. The first kappa shape index (κ1) is 22.6. The van der Waals surface area contributed by atoms with Crippen LogP contribution in [0.15, 0.2) is 53.9 Å². The molecule has 1 N–H and O–H groups in total. The van der Waals surface area contributed by atoms with Gasteiger partial charge >= 0.3 is 0 Å². The fourth-order valence-electron chi connectivity index (χ4n) is 3.80. The second kappa shape index (κ2) is 9.48. The molecule has 168 valence electrons. The fraction of sp³-hybridized carbons (Fsp3) is 0.304. The molecule has 1 amide bonds. The van der Waals surface area contributed by atoms with Crippen LogP contribution in [0, 0.1) is 5.82 Å². The van der Waals surface area contributed by atoms with Gasteiger partial charge in [-0.1, -0.05) is 30.3 Å². The highest BCUT2D eigenvalue weighted by molar-refractivity contribution is 7.89. The summed E-state index contributed by atoms with van der Waals surface area (Å²) in [5, 5.41) is 5.51. The minimum Gasteiger partial charge on any atom is -0.320 e. The zero-order valence-electron chi connectivity index (χ0n) is 17.6. The van der Waals surface area contributed by atoms with Crippen LogP contribution in [0.4, 0.5) is 10.1 Å². The monoisotopic (exact) mass is 473 g/mol. The Hall–Kier alpha value is -2.62. The molecule has 2 aromatic carbocycles. The molecule has 0 spiro atoms. The molecule has 9 heteroatoms. The number of para-hydroxylation sites is 1. The minimum absolute atomic E-state index is 0.110. The van der Waals surface area contributed by atoms with Gasteiger partial charge in [0.15, 0.2) is 0 Å². The van der Waals surface area contributed by atoms with Crippen molar-refractivity contribution in [1.82, 2.24) is 9.29 Å². The fourth-order valence-corrected chi connectivity index (χ4v) is 5.91. The third-order valence-electron chi connectivity index (χ3n) is 5.65. The summed E-state index contributed by atoms with van der Waals surface area (Å²) < 4.78 is 38.9. The van der Waals surface area contributed by atoms with Crippen molar-refractivity contribution in [2.75, 3.05) is 24.2 Å². The van der Waals surface area contributed by atoms with Crippen LogP contribution < -0.4 is 5.32 Å². The molecule has 1 saturated heterocycles. The van der Waals surface area contributed by atoms with Gasteiger partial charge in [-0.3, -0.25) is 4.79 Å². The van der Waals surface area contributed by atoms with Crippen LogP contribution in [0.3, 0.4) is 0 Å². The van der Waals surface area contributed by atoms with Gasteiger partial charge in [0.2, 0.25) is 10.0 Å².